The first kappa shape index (κ1) is 18.2. The lowest BCUT2D eigenvalue weighted by Crippen LogP contribution is -2.08. The van der Waals surface area contributed by atoms with Crippen LogP contribution < -0.4 is 10.1 Å². The van der Waals surface area contributed by atoms with E-state index in [2.05, 4.69) is 5.32 Å². The molecule has 2 aromatic rings. The molecular weight excluding hydrogens is 325 g/mol. The average molecular weight is 343 g/mol. The van der Waals surface area contributed by atoms with Crippen LogP contribution in [0.1, 0.15) is 22.8 Å². The van der Waals surface area contributed by atoms with Crippen molar-refractivity contribution in [3.05, 3.63) is 65.5 Å². The van der Waals surface area contributed by atoms with Gasteiger partial charge in [0.15, 0.2) is 11.6 Å². The van der Waals surface area contributed by atoms with Crippen molar-refractivity contribution in [1.29, 1.82) is 0 Å². The van der Waals surface area contributed by atoms with Crippen LogP contribution in [0.2, 0.25) is 0 Å². The minimum atomic E-state index is -0.500. The van der Waals surface area contributed by atoms with Gasteiger partial charge in [0.2, 0.25) is 5.91 Å². The second-order valence-electron chi connectivity index (χ2n) is 5.01. The number of anilines is 1. The number of nitrogens with one attached hydrogen (secondary N) is 1. The van der Waals surface area contributed by atoms with E-state index < -0.39 is 11.8 Å². The van der Waals surface area contributed by atoms with E-state index in [1.165, 1.54) is 31.4 Å². The van der Waals surface area contributed by atoms with E-state index in [9.17, 15) is 14.0 Å². The maximum atomic E-state index is 13.6. The third-order valence-electron chi connectivity index (χ3n) is 3.27. The highest BCUT2D eigenvalue weighted by Gasteiger charge is 2.06. The van der Waals surface area contributed by atoms with Crippen LogP contribution in [0.15, 0.2) is 48.5 Å². The standard InChI is InChI=1S/C19H18FNO4/c1-3-25-19(23)14-6-8-15(9-7-14)21-18(22)11-5-13-4-10-17(24-2)16(20)12-13/h4-12H,3H2,1-2H3,(H,21,22)/b11-5+. The van der Waals surface area contributed by atoms with Gasteiger partial charge in [-0.25, -0.2) is 9.18 Å². The number of esters is 1. The van der Waals surface area contributed by atoms with E-state index >= 15 is 0 Å². The lowest BCUT2D eigenvalue weighted by atomic mass is 10.2. The molecule has 130 valence electrons. The smallest absolute Gasteiger partial charge is 0.338 e. The topological polar surface area (TPSA) is 64.6 Å². The summed E-state index contributed by atoms with van der Waals surface area (Å²) in [6.45, 7) is 2.03. The van der Waals surface area contributed by atoms with Crippen molar-refractivity contribution in [2.24, 2.45) is 0 Å². The summed E-state index contributed by atoms with van der Waals surface area (Å²) in [5, 5.41) is 2.65. The Morgan fingerprint density at radius 1 is 1.16 bits per heavy atom. The molecule has 0 heterocycles. The molecule has 0 saturated carbocycles. The number of benzene rings is 2. The molecule has 25 heavy (non-hydrogen) atoms. The second kappa shape index (κ2) is 8.63. The van der Waals surface area contributed by atoms with Gasteiger partial charge in [0.25, 0.3) is 0 Å². The quantitative estimate of drug-likeness (QED) is 0.642. The number of amides is 1. The highest BCUT2D eigenvalue weighted by molar-refractivity contribution is 6.02. The van der Waals surface area contributed by atoms with Crippen molar-refractivity contribution in [2.45, 2.75) is 6.92 Å². The zero-order valence-corrected chi connectivity index (χ0v) is 13.9. The Labute approximate surface area is 145 Å². The largest absolute Gasteiger partial charge is 0.494 e. The first-order chi connectivity index (χ1) is 12.0. The Hall–Kier alpha value is -3.15. The summed E-state index contributed by atoms with van der Waals surface area (Å²) in [7, 11) is 1.38. The van der Waals surface area contributed by atoms with Gasteiger partial charge in [-0.1, -0.05) is 6.07 Å². The van der Waals surface area contributed by atoms with Gasteiger partial charge < -0.3 is 14.8 Å². The van der Waals surface area contributed by atoms with Gasteiger partial charge >= 0.3 is 5.97 Å². The molecule has 5 nitrogen and oxygen atoms in total. The molecule has 6 heteroatoms. The van der Waals surface area contributed by atoms with E-state index in [1.54, 1.807) is 37.3 Å². The lowest BCUT2D eigenvalue weighted by Gasteiger charge is -2.05. The zero-order chi connectivity index (χ0) is 18.2. The van der Waals surface area contributed by atoms with Gasteiger partial charge in [-0.3, -0.25) is 4.79 Å². The Kier molecular flexibility index (Phi) is 6.28. The predicted octanol–water partition coefficient (Wildman–Crippen LogP) is 3.66. The van der Waals surface area contributed by atoms with Crippen molar-refractivity contribution >= 4 is 23.6 Å². The first-order valence-electron chi connectivity index (χ1n) is 7.63. The molecule has 0 bridgehead atoms. The Morgan fingerprint density at radius 2 is 1.88 bits per heavy atom. The fourth-order valence-corrected chi connectivity index (χ4v) is 2.05. The molecule has 1 amide bonds. The molecule has 0 aromatic heterocycles. The molecule has 0 saturated heterocycles. The molecule has 0 aliphatic carbocycles. The third kappa shape index (κ3) is 5.17. The summed E-state index contributed by atoms with van der Waals surface area (Å²) in [5.74, 6) is -1.15. The van der Waals surface area contributed by atoms with Crippen molar-refractivity contribution in [3.63, 3.8) is 0 Å². The number of carbonyl (C=O) groups excluding carboxylic acids is 2. The van der Waals surface area contributed by atoms with Crippen molar-refractivity contribution in [1.82, 2.24) is 0 Å². The van der Waals surface area contributed by atoms with Gasteiger partial charge in [0, 0.05) is 11.8 Å². The van der Waals surface area contributed by atoms with Crippen LogP contribution in [0, 0.1) is 5.82 Å². The van der Waals surface area contributed by atoms with Crippen molar-refractivity contribution in [3.8, 4) is 5.75 Å². The summed E-state index contributed by atoms with van der Waals surface area (Å²) in [5.41, 5.74) is 1.47. The van der Waals surface area contributed by atoms with E-state index in [-0.39, 0.29) is 11.7 Å². The van der Waals surface area contributed by atoms with Crippen LogP contribution in [0.25, 0.3) is 6.08 Å². The van der Waals surface area contributed by atoms with Crippen LogP contribution in [0.3, 0.4) is 0 Å². The van der Waals surface area contributed by atoms with E-state index in [0.29, 0.717) is 23.4 Å². The summed E-state index contributed by atoms with van der Waals surface area (Å²) in [6.07, 6.45) is 2.78. The third-order valence-corrected chi connectivity index (χ3v) is 3.27. The molecule has 0 spiro atoms. The SMILES string of the molecule is CCOC(=O)c1ccc(NC(=O)/C=C/c2ccc(OC)c(F)c2)cc1. The molecule has 0 aliphatic rings. The van der Waals surface area contributed by atoms with Gasteiger partial charge in [0.1, 0.15) is 0 Å². The predicted molar refractivity (Wildman–Crippen MR) is 93.0 cm³/mol. The monoisotopic (exact) mass is 343 g/mol. The Morgan fingerprint density at radius 3 is 2.48 bits per heavy atom. The fraction of sp³-hybridized carbons (Fsp3) is 0.158. The van der Waals surface area contributed by atoms with E-state index in [0.717, 1.165) is 0 Å². The number of halogens is 1. The van der Waals surface area contributed by atoms with Crippen LogP contribution in [-0.4, -0.2) is 25.6 Å². The highest BCUT2D eigenvalue weighted by atomic mass is 19.1. The molecular formula is C19H18FNO4. The van der Waals surface area contributed by atoms with Crippen LogP contribution in [0.4, 0.5) is 10.1 Å². The minimum Gasteiger partial charge on any atom is -0.494 e. The summed E-state index contributed by atoms with van der Waals surface area (Å²) in [6, 6.07) is 10.7. The van der Waals surface area contributed by atoms with Crippen molar-refractivity contribution < 1.29 is 23.5 Å². The normalized spacial score (nSPS) is 10.5. The van der Waals surface area contributed by atoms with E-state index in [4.69, 9.17) is 9.47 Å². The number of hydrogen-bond donors (Lipinski definition) is 1. The fourth-order valence-electron chi connectivity index (χ4n) is 2.05. The molecule has 0 atom stereocenters. The molecule has 1 N–H and O–H groups in total. The summed E-state index contributed by atoms with van der Waals surface area (Å²) < 4.78 is 23.3. The number of hydrogen-bond acceptors (Lipinski definition) is 4. The molecule has 0 fully saturated rings. The maximum Gasteiger partial charge on any atom is 0.338 e. The molecule has 0 unspecified atom stereocenters. The van der Waals surface area contributed by atoms with Crippen LogP contribution >= 0.6 is 0 Å². The van der Waals surface area contributed by atoms with Gasteiger partial charge in [-0.05, 0) is 55.0 Å². The Balaban J connectivity index is 1.97. The summed E-state index contributed by atoms with van der Waals surface area (Å²) in [4.78, 5) is 23.5. The maximum absolute atomic E-state index is 13.6. The first-order valence-corrected chi connectivity index (χ1v) is 7.63. The highest BCUT2D eigenvalue weighted by Crippen LogP contribution is 2.18. The molecule has 0 radical (unpaired) electrons. The average Bonchev–Trinajstić information content (AvgIpc) is 2.61. The number of carbonyl (C=O) groups is 2. The van der Waals surface area contributed by atoms with Gasteiger partial charge in [0.05, 0.1) is 19.3 Å². The van der Waals surface area contributed by atoms with Crippen LogP contribution in [-0.2, 0) is 9.53 Å². The van der Waals surface area contributed by atoms with Gasteiger partial charge in [-0.15, -0.1) is 0 Å². The van der Waals surface area contributed by atoms with Gasteiger partial charge in [-0.2, -0.15) is 0 Å². The molecule has 2 rings (SSSR count). The van der Waals surface area contributed by atoms with E-state index in [1.807, 2.05) is 0 Å². The number of methoxy groups -OCH3 is 1. The number of ether oxygens (including phenoxy) is 2. The van der Waals surface area contributed by atoms with Crippen LogP contribution in [0.5, 0.6) is 5.75 Å². The minimum absolute atomic E-state index is 0.142. The summed E-state index contributed by atoms with van der Waals surface area (Å²) >= 11 is 0. The van der Waals surface area contributed by atoms with Crippen molar-refractivity contribution in [2.75, 3.05) is 19.0 Å². The number of rotatable bonds is 6. The zero-order valence-electron chi connectivity index (χ0n) is 13.9. The Bertz CT molecular complexity index is 785. The molecule has 0 aliphatic heterocycles. The second-order valence-corrected chi connectivity index (χ2v) is 5.01. The molecule has 2 aromatic carbocycles. The lowest BCUT2D eigenvalue weighted by molar-refractivity contribution is -0.111.